The fourth-order valence-electron chi connectivity index (χ4n) is 1.70. The van der Waals surface area contributed by atoms with Gasteiger partial charge in [-0.3, -0.25) is 4.79 Å². The molecule has 82 valence electrons. The molecule has 1 fully saturated rings. The number of nitrogens with zero attached hydrogens (tertiary/aromatic N) is 2. The largest absolute Gasteiger partial charge is 0.355 e. The molecule has 0 aromatic heterocycles. The summed E-state index contributed by atoms with van der Waals surface area (Å²) >= 11 is 0. The maximum Gasteiger partial charge on any atom is 0.224 e. The van der Waals surface area contributed by atoms with E-state index in [1.54, 1.807) is 0 Å². The Morgan fingerprint density at radius 3 is 2.79 bits per heavy atom. The Bertz CT molecular complexity index is 194. The van der Waals surface area contributed by atoms with E-state index in [0.717, 1.165) is 32.6 Å². The van der Waals surface area contributed by atoms with Crippen molar-refractivity contribution in [2.24, 2.45) is 5.92 Å². The first-order valence-electron chi connectivity index (χ1n) is 5.20. The molecule has 4 nitrogen and oxygen atoms in total. The molecule has 0 aromatic carbocycles. The lowest BCUT2D eigenvalue weighted by Gasteiger charge is -2.13. The quantitative estimate of drug-likeness (QED) is 0.670. The van der Waals surface area contributed by atoms with Crippen LogP contribution >= 0.6 is 0 Å². The summed E-state index contributed by atoms with van der Waals surface area (Å²) < 4.78 is 0. The van der Waals surface area contributed by atoms with Crippen molar-refractivity contribution in [1.82, 2.24) is 15.1 Å². The fraction of sp³-hybridized carbons (Fsp3) is 0.900. The zero-order chi connectivity index (χ0) is 10.6. The highest BCUT2D eigenvalue weighted by Gasteiger charge is 2.25. The van der Waals surface area contributed by atoms with E-state index in [2.05, 4.69) is 22.2 Å². The Kier molecular flexibility index (Phi) is 4.35. The predicted molar refractivity (Wildman–Crippen MR) is 57.2 cm³/mol. The topological polar surface area (TPSA) is 35.6 Å². The average molecular weight is 199 g/mol. The van der Waals surface area contributed by atoms with Gasteiger partial charge >= 0.3 is 0 Å². The van der Waals surface area contributed by atoms with Gasteiger partial charge in [-0.1, -0.05) is 0 Å². The zero-order valence-corrected chi connectivity index (χ0v) is 9.42. The fourth-order valence-corrected chi connectivity index (χ4v) is 1.70. The molecular formula is C10H21N3O. The highest BCUT2D eigenvalue weighted by atomic mass is 16.1. The van der Waals surface area contributed by atoms with Crippen molar-refractivity contribution < 1.29 is 4.79 Å². The number of nitrogens with one attached hydrogen (secondary N) is 1. The number of hydrogen-bond acceptors (Lipinski definition) is 3. The summed E-state index contributed by atoms with van der Waals surface area (Å²) in [5.41, 5.74) is 0. The number of likely N-dealkylation sites (N-methyl/N-ethyl adjacent to an activating group) is 1. The van der Waals surface area contributed by atoms with Crippen LogP contribution in [-0.2, 0) is 4.79 Å². The summed E-state index contributed by atoms with van der Waals surface area (Å²) in [4.78, 5) is 15.9. The Morgan fingerprint density at radius 1 is 1.57 bits per heavy atom. The summed E-state index contributed by atoms with van der Waals surface area (Å²) in [6.07, 6.45) is 1.00. The second-order valence-corrected chi connectivity index (χ2v) is 4.34. The lowest BCUT2D eigenvalue weighted by atomic mass is 10.1. The molecule has 1 aliphatic rings. The number of likely N-dealkylation sites (tertiary alicyclic amines) is 1. The number of rotatable bonds is 4. The first-order chi connectivity index (χ1) is 6.59. The highest BCUT2D eigenvalue weighted by molar-refractivity contribution is 5.79. The SMILES string of the molecule is CN(C)CCNC(=O)C1CCN(C)C1. The van der Waals surface area contributed by atoms with Crippen molar-refractivity contribution in [2.45, 2.75) is 6.42 Å². The molecule has 0 aromatic rings. The highest BCUT2D eigenvalue weighted by Crippen LogP contribution is 2.13. The molecule has 1 amide bonds. The van der Waals surface area contributed by atoms with Crippen LogP contribution in [0.25, 0.3) is 0 Å². The number of hydrogen-bond donors (Lipinski definition) is 1. The third-order valence-corrected chi connectivity index (χ3v) is 2.62. The number of carbonyl (C=O) groups is 1. The van der Waals surface area contributed by atoms with E-state index in [1.807, 2.05) is 14.1 Å². The summed E-state index contributed by atoms with van der Waals surface area (Å²) in [6, 6.07) is 0. The standard InChI is InChI=1S/C10H21N3O/c1-12(2)7-5-11-10(14)9-4-6-13(3)8-9/h9H,4-8H2,1-3H3,(H,11,14). The molecule has 1 heterocycles. The van der Waals surface area contributed by atoms with Crippen LogP contribution in [0.5, 0.6) is 0 Å². The minimum atomic E-state index is 0.210. The van der Waals surface area contributed by atoms with Gasteiger partial charge in [0.15, 0.2) is 0 Å². The zero-order valence-electron chi connectivity index (χ0n) is 9.42. The normalized spacial score (nSPS) is 23.0. The van der Waals surface area contributed by atoms with Crippen molar-refractivity contribution in [1.29, 1.82) is 0 Å². The monoisotopic (exact) mass is 199 g/mol. The lowest BCUT2D eigenvalue weighted by Crippen LogP contribution is -2.36. The van der Waals surface area contributed by atoms with Crippen LogP contribution in [-0.4, -0.2) is 63.0 Å². The molecular weight excluding hydrogens is 178 g/mol. The van der Waals surface area contributed by atoms with E-state index in [9.17, 15) is 4.79 Å². The number of carbonyl (C=O) groups excluding carboxylic acids is 1. The van der Waals surface area contributed by atoms with Crippen LogP contribution in [0.15, 0.2) is 0 Å². The molecule has 1 unspecified atom stereocenters. The van der Waals surface area contributed by atoms with Gasteiger partial charge in [-0.15, -0.1) is 0 Å². The minimum absolute atomic E-state index is 0.210. The third-order valence-electron chi connectivity index (χ3n) is 2.62. The first-order valence-corrected chi connectivity index (χ1v) is 5.20. The molecule has 0 saturated carbocycles. The van der Waals surface area contributed by atoms with Gasteiger partial charge in [0.2, 0.25) is 5.91 Å². The summed E-state index contributed by atoms with van der Waals surface area (Å²) in [6.45, 7) is 3.62. The Labute approximate surface area is 86.2 Å². The Balaban J connectivity index is 2.15. The van der Waals surface area contributed by atoms with Crippen LogP contribution in [0.4, 0.5) is 0 Å². The summed E-state index contributed by atoms with van der Waals surface area (Å²) in [7, 11) is 6.08. The summed E-state index contributed by atoms with van der Waals surface area (Å²) in [5.74, 6) is 0.429. The Hall–Kier alpha value is -0.610. The van der Waals surface area contributed by atoms with Crippen LogP contribution in [0.2, 0.25) is 0 Å². The second kappa shape index (κ2) is 5.32. The molecule has 1 N–H and O–H groups in total. The molecule has 1 saturated heterocycles. The smallest absolute Gasteiger partial charge is 0.224 e. The van der Waals surface area contributed by atoms with Crippen LogP contribution in [0, 0.1) is 5.92 Å². The molecule has 1 rings (SSSR count). The van der Waals surface area contributed by atoms with E-state index < -0.39 is 0 Å². The minimum Gasteiger partial charge on any atom is -0.355 e. The molecule has 0 bridgehead atoms. The van der Waals surface area contributed by atoms with Gasteiger partial charge in [-0.2, -0.15) is 0 Å². The molecule has 0 spiro atoms. The van der Waals surface area contributed by atoms with Gasteiger partial charge < -0.3 is 15.1 Å². The van der Waals surface area contributed by atoms with E-state index in [1.165, 1.54) is 0 Å². The van der Waals surface area contributed by atoms with Crippen molar-refractivity contribution >= 4 is 5.91 Å². The van der Waals surface area contributed by atoms with Crippen molar-refractivity contribution in [2.75, 3.05) is 47.3 Å². The average Bonchev–Trinajstić information content (AvgIpc) is 2.51. The predicted octanol–water partition coefficient (Wildman–Crippen LogP) is -0.384. The molecule has 14 heavy (non-hydrogen) atoms. The van der Waals surface area contributed by atoms with Gasteiger partial charge in [-0.05, 0) is 34.1 Å². The van der Waals surface area contributed by atoms with Gasteiger partial charge in [-0.25, -0.2) is 0 Å². The Morgan fingerprint density at radius 2 is 2.29 bits per heavy atom. The van der Waals surface area contributed by atoms with E-state index in [4.69, 9.17) is 0 Å². The van der Waals surface area contributed by atoms with Crippen molar-refractivity contribution in [3.63, 3.8) is 0 Å². The van der Waals surface area contributed by atoms with Gasteiger partial charge in [0.05, 0.1) is 5.92 Å². The van der Waals surface area contributed by atoms with Gasteiger partial charge in [0.1, 0.15) is 0 Å². The van der Waals surface area contributed by atoms with E-state index in [-0.39, 0.29) is 11.8 Å². The molecule has 1 atom stereocenters. The third kappa shape index (κ3) is 3.64. The summed E-state index contributed by atoms with van der Waals surface area (Å²) in [5, 5.41) is 2.97. The lowest BCUT2D eigenvalue weighted by molar-refractivity contribution is -0.124. The van der Waals surface area contributed by atoms with Crippen LogP contribution in [0.1, 0.15) is 6.42 Å². The first kappa shape index (κ1) is 11.5. The molecule has 0 aliphatic carbocycles. The maximum absolute atomic E-state index is 11.6. The maximum atomic E-state index is 11.6. The van der Waals surface area contributed by atoms with Crippen LogP contribution < -0.4 is 5.32 Å². The van der Waals surface area contributed by atoms with Crippen LogP contribution in [0.3, 0.4) is 0 Å². The number of amides is 1. The molecule has 1 aliphatic heterocycles. The molecule has 0 radical (unpaired) electrons. The van der Waals surface area contributed by atoms with Crippen molar-refractivity contribution in [3.8, 4) is 0 Å². The second-order valence-electron chi connectivity index (χ2n) is 4.34. The molecule has 4 heteroatoms. The van der Waals surface area contributed by atoms with Gasteiger partial charge in [0, 0.05) is 19.6 Å². The van der Waals surface area contributed by atoms with E-state index >= 15 is 0 Å². The van der Waals surface area contributed by atoms with Gasteiger partial charge in [0.25, 0.3) is 0 Å². The van der Waals surface area contributed by atoms with Crippen molar-refractivity contribution in [3.05, 3.63) is 0 Å². The van der Waals surface area contributed by atoms with E-state index in [0.29, 0.717) is 0 Å².